The molecule has 13 heteroatoms. The van der Waals surface area contributed by atoms with Crippen molar-refractivity contribution < 1.29 is 42.4 Å². The predicted molar refractivity (Wildman–Crippen MR) is 146 cm³/mol. The van der Waals surface area contributed by atoms with Crippen molar-refractivity contribution in [2.45, 2.75) is 58.2 Å². The van der Waals surface area contributed by atoms with E-state index in [-0.39, 0.29) is 36.3 Å². The summed E-state index contributed by atoms with van der Waals surface area (Å²) in [6.07, 6.45) is -4.92. The van der Waals surface area contributed by atoms with Gasteiger partial charge in [-0.25, -0.2) is 0 Å². The maximum Gasteiger partial charge on any atom is 0.573 e. The molecule has 2 amide bonds. The van der Waals surface area contributed by atoms with Gasteiger partial charge in [-0.3, -0.25) is 14.3 Å². The summed E-state index contributed by atoms with van der Waals surface area (Å²) in [7, 11) is 0. The molecule has 10 nitrogen and oxygen atoms in total. The number of piperidine rings is 1. The molecule has 4 rings (SSSR count). The Kier molecular flexibility index (Phi) is 9.42. The number of primary amides is 1. The summed E-state index contributed by atoms with van der Waals surface area (Å²) < 4.78 is 48.7. The number of hydrogen-bond acceptors (Lipinski definition) is 7. The normalized spacial score (nSPS) is 15.0. The van der Waals surface area contributed by atoms with Crippen molar-refractivity contribution in [3.05, 3.63) is 65.0 Å². The van der Waals surface area contributed by atoms with Crippen molar-refractivity contribution in [3.63, 3.8) is 0 Å². The molecular formula is C29H33F3N4O6. The van der Waals surface area contributed by atoms with E-state index in [2.05, 4.69) is 9.84 Å². The summed E-state index contributed by atoms with van der Waals surface area (Å²) in [5.41, 5.74) is 9.38. The number of aliphatic hydroxyl groups excluding tert-OH is 2. The van der Waals surface area contributed by atoms with Gasteiger partial charge in [-0.2, -0.15) is 5.10 Å². The minimum absolute atomic E-state index is 0.0412. The number of aryl methyl sites for hydroxylation is 1. The fourth-order valence-corrected chi connectivity index (χ4v) is 5.03. The third-order valence-corrected chi connectivity index (χ3v) is 7.11. The Balaban J connectivity index is 1.38. The number of carbonyl (C=O) groups excluding carboxylic acids is 2. The van der Waals surface area contributed by atoms with Crippen LogP contribution in [0.1, 0.15) is 40.2 Å². The molecule has 0 unspecified atom stereocenters. The third kappa shape index (κ3) is 7.59. The lowest BCUT2D eigenvalue weighted by Crippen LogP contribution is -2.42. The van der Waals surface area contributed by atoms with Gasteiger partial charge in [-0.1, -0.05) is 18.2 Å². The van der Waals surface area contributed by atoms with Crippen molar-refractivity contribution in [2.24, 2.45) is 5.73 Å². The Bertz CT molecular complexity index is 1420. The number of nitrogens with two attached hydrogens (primary N) is 1. The second-order valence-corrected chi connectivity index (χ2v) is 10.2. The lowest BCUT2D eigenvalue weighted by atomic mass is 10.00. The maximum atomic E-state index is 12.8. The Labute approximate surface area is 240 Å². The number of aliphatic hydroxyl groups is 2. The van der Waals surface area contributed by atoms with E-state index in [4.69, 9.17) is 10.5 Å². The first kappa shape index (κ1) is 30.8. The van der Waals surface area contributed by atoms with Gasteiger partial charge in [0, 0.05) is 37.2 Å². The highest BCUT2D eigenvalue weighted by molar-refractivity contribution is 5.97. The van der Waals surface area contributed by atoms with Crippen LogP contribution in [0, 0.1) is 13.8 Å². The van der Waals surface area contributed by atoms with Crippen molar-refractivity contribution in [3.8, 4) is 22.6 Å². The largest absolute Gasteiger partial charge is 0.573 e. The van der Waals surface area contributed by atoms with Gasteiger partial charge < -0.3 is 30.3 Å². The van der Waals surface area contributed by atoms with E-state index in [1.54, 1.807) is 27.8 Å². The number of rotatable bonds is 10. The summed E-state index contributed by atoms with van der Waals surface area (Å²) >= 11 is 0. The lowest BCUT2D eigenvalue weighted by molar-refractivity contribution is -0.274. The molecule has 2 aromatic carbocycles. The molecule has 0 bridgehead atoms. The first-order valence-corrected chi connectivity index (χ1v) is 13.4. The number of aromatic nitrogens is 2. The summed E-state index contributed by atoms with van der Waals surface area (Å²) in [5, 5.41) is 23.4. The van der Waals surface area contributed by atoms with Gasteiger partial charge in [0.05, 0.1) is 36.9 Å². The molecule has 0 aliphatic carbocycles. The number of alkyl halides is 3. The van der Waals surface area contributed by atoms with Crippen molar-refractivity contribution in [2.75, 3.05) is 19.7 Å². The van der Waals surface area contributed by atoms with Crippen LogP contribution >= 0.6 is 0 Å². The van der Waals surface area contributed by atoms with Crippen molar-refractivity contribution >= 4 is 11.8 Å². The standard InChI is InChI=1S/C29H33F3N4O6/c1-17-27(18(2)36(34-17)15-21(38)16-37)20-5-8-25(24(14-20)28(33)40)41-22-9-11-35(12-10-22)26(39)13-19-3-6-23(7-4-19)42-29(30,31)32/h3-8,14,21-22,37-38H,9-13,15-16H2,1-2H3,(H2,33,40)/t21-/m0/s1. The van der Waals surface area contributed by atoms with Crippen LogP contribution in [0.5, 0.6) is 11.5 Å². The van der Waals surface area contributed by atoms with Gasteiger partial charge in [0.1, 0.15) is 17.6 Å². The zero-order valence-corrected chi connectivity index (χ0v) is 23.2. The highest BCUT2D eigenvalue weighted by Crippen LogP contribution is 2.32. The monoisotopic (exact) mass is 590 g/mol. The van der Waals surface area contributed by atoms with Gasteiger partial charge in [0.25, 0.3) is 5.91 Å². The quantitative estimate of drug-likeness (QED) is 0.330. The van der Waals surface area contributed by atoms with Gasteiger partial charge >= 0.3 is 6.36 Å². The van der Waals surface area contributed by atoms with Gasteiger partial charge in [-0.15, -0.1) is 13.2 Å². The minimum Gasteiger partial charge on any atom is -0.489 e. The number of nitrogens with zero attached hydrogens (tertiary/aromatic N) is 3. The predicted octanol–water partition coefficient (Wildman–Crippen LogP) is 3.13. The number of hydrogen-bond donors (Lipinski definition) is 3. The van der Waals surface area contributed by atoms with Gasteiger partial charge in [0.15, 0.2) is 0 Å². The van der Waals surface area contributed by atoms with Crippen LogP contribution in [0.3, 0.4) is 0 Å². The molecule has 226 valence electrons. The first-order valence-electron chi connectivity index (χ1n) is 13.4. The van der Waals surface area contributed by atoms with Gasteiger partial charge in [-0.05, 0) is 49.2 Å². The van der Waals surface area contributed by atoms with Crippen LogP contribution in [0.15, 0.2) is 42.5 Å². The lowest BCUT2D eigenvalue weighted by Gasteiger charge is -2.32. The van der Waals surface area contributed by atoms with Crippen molar-refractivity contribution in [1.82, 2.24) is 14.7 Å². The molecule has 0 spiro atoms. The van der Waals surface area contributed by atoms with E-state index in [0.29, 0.717) is 48.5 Å². The summed E-state index contributed by atoms with van der Waals surface area (Å²) in [6.45, 7) is 4.21. The summed E-state index contributed by atoms with van der Waals surface area (Å²) in [4.78, 5) is 26.8. The van der Waals surface area contributed by atoms with Crippen molar-refractivity contribution in [1.29, 1.82) is 0 Å². The summed E-state index contributed by atoms with van der Waals surface area (Å²) in [6, 6.07) is 10.3. The summed E-state index contributed by atoms with van der Waals surface area (Å²) in [5.74, 6) is -0.837. The smallest absolute Gasteiger partial charge is 0.489 e. The molecule has 2 heterocycles. The molecule has 0 saturated carbocycles. The van der Waals surface area contributed by atoms with E-state index in [1.807, 2.05) is 13.8 Å². The molecule has 1 saturated heterocycles. The van der Waals surface area contributed by atoms with Crippen LogP contribution in [-0.4, -0.2) is 75.0 Å². The van der Waals surface area contributed by atoms with Crippen LogP contribution in [0.4, 0.5) is 13.2 Å². The molecule has 1 atom stereocenters. The Morgan fingerprint density at radius 2 is 1.79 bits per heavy atom. The molecule has 1 aliphatic rings. The average Bonchev–Trinajstić information content (AvgIpc) is 3.21. The van der Waals surface area contributed by atoms with Gasteiger partial charge in [0.2, 0.25) is 5.91 Å². The molecule has 42 heavy (non-hydrogen) atoms. The number of carbonyl (C=O) groups is 2. The Morgan fingerprint density at radius 1 is 1.12 bits per heavy atom. The molecule has 1 aromatic heterocycles. The third-order valence-electron chi connectivity index (χ3n) is 7.11. The second kappa shape index (κ2) is 12.8. The van der Waals surface area contributed by atoms with E-state index >= 15 is 0 Å². The van der Waals surface area contributed by atoms with Crippen LogP contribution < -0.4 is 15.2 Å². The second-order valence-electron chi connectivity index (χ2n) is 10.2. The number of benzene rings is 2. The van der Waals surface area contributed by atoms with Crippen LogP contribution in [-0.2, 0) is 17.8 Å². The number of amides is 2. The fourth-order valence-electron chi connectivity index (χ4n) is 5.03. The molecule has 1 fully saturated rings. The topological polar surface area (TPSA) is 140 Å². The Hall–Kier alpha value is -4.10. The molecule has 0 radical (unpaired) electrons. The highest BCUT2D eigenvalue weighted by Gasteiger charge is 2.31. The maximum absolute atomic E-state index is 12.8. The fraction of sp³-hybridized carbons (Fsp3) is 0.414. The number of ether oxygens (including phenoxy) is 2. The molecule has 1 aliphatic heterocycles. The molecule has 3 aromatic rings. The average molecular weight is 591 g/mol. The number of halogens is 3. The zero-order valence-electron chi connectivity index (χ0n) is 23.2. The molecular weight excluding hydrogens is 557 g/mol. The highest BCUT2D eigenvalue weighted by atomic mass is 19.4. The van der Waals surface area contributed by atoms with Crippen LogP contribution in [0.25, 0.3) is 11.1 Å². The van der Waals surface area contributed by atoms with Crippen LogP contribution in [0.2, 0.25) is 0 Å². The minimum atomic E-state index is -4.78. The Morgan fingerprint density at radius 3 is 2.38 bits per heavy atom. The van der Waals surface area contributed by atoms with E-state index in [9.17, 15) is 33.0 Å². The first-order chi connectivity index (χ1) is 19.8. The zero-order chi connectivity index (χ0) is 30.6. The van der Waals surface area contributed by atoms with E-state index in [0.717, 1.165) is 11.3 Å². The SMILES string of the molecule is Cc1nn(C[C@H](O)CO)c(C)c1-c1ccc(OC2CCN(C(=O)Cc3ccc(OC(F)(F)F)cc3)CC2)c(C(N)=O)c1. The molecule has 4 N–H and O–H groups in total. The number of likely N-dealkylation sites (tertiary alicyclic amines) is 1. The van der Waals surface area contributed by atoms with E-state index < -0.39 is 25.0 Å². The van der Waals surface area contributed by atoms with E-state index in [1.165, 1.54) is 24.3 Å².